The molecular formula is C65H112O12. The second kappa shape index (κ2) is 53.1. The second-order valence-electron chi connectivity index (χ2n) is 21.3. The summed E-state index contributed by atoms with van der Waals surface area (Å²) in [5.41, 5.74) is 0. The van der Waals surface area contributed by atoms with Gasteiger partial charge in [-0.15, -0.1) is 0 Å². The van der Waals surface area contributed by atoms with Crippen LogP contribution in [0, 0.1) is 0 Å². The minimum Gasteiger partial charge on any atom is -0.479 e. The summed E-state index contributed by atoms with van der Waals surface area (Å²) in [6.45, 7) is 5.92. The highest BCUT2D eigenvalue weighted by Crippen LogP contribution is 2.26. The van der Waals surface area contributed by atoms with E-state index in [1.807, 2.05) is 0 Å². The van der Waals surface area contributed by atoms with Gasteiger partial charge >= 0.3 is 23.9 Å². The number of carboxylic acid groups (broad SMARTS) is 1. The Labute approximate surface area is 468 Å². The number of unbranched alkanes of at least 4 members (excludes halogenated alkanes) is 29. The Hall–Kier alpha value is -3.58. The van der Waals surface area contributed by atoms with Crippen LogP contribution in [0.15, 0.2) is 60.8 Å². The Balaban J connectivity index is 2.65. The lowest BCUT2D eigenvalue weighted by atomic mass is 9.98. The molecule has 0 aromatic carbocycles. The molecule has 0 aromatic rings. The van der Waals surface area contributed by atoms with Crippen LogP contribution in [0.4, 0.5) is 0 Å². The van der Waals surface area contributed by atoms with Crippen molar-refractivity contribution in [3.05, 3.63) is 60.8 Å². The lowest BCUT2D eigenvalue weighted by molar-refractivity contribution is -0.301. The SMILES string of the molecule is CCCC/C=C\CCCCCCCC(=O)OC(COC(=O)CCCCCCCCC/C=C\CCCCCCCC)COC1OC(C(=O)O)C(O)C(O)C1OC(=O)CCCCCCCC/C=C\C/C=C\C/C=C\CCCCC. The zero-order valence-corrected chi connectivity index (χ0v) is 49.0. The predicted octanol–water partition coefficient (Wildman–Crippen LogP) is 16.3. The first kappa shape index (κ1) is 71.4. The molecule has 0 radical (unpaired) electrons. The average Bonchev–Trinajstić information content (AvgIpc) is 3.41. The van der Waals surface area contributed by atoms with Gasteiger partial charge in [-0.1, -0.05) is 216 Å². The highest BCUT2D eigenvalue weighted by atomic mass is 16.7. The van der Waals surface area contributed by atoms with Crippen LogP contribution in [0.5, 0.6) is 0 Å². The van der Waals surface area contributed by atoms with Gasteiger partial charge in [-0.25, -0.2) is 4.79 Å². The van der Waals surface area contributed by atoms with Crippen molar-refractivity contribution >= 4 is 23.9 Å². The number of allylic oxidation sites excluding steroid dienone is 10. The highest BCUT2D eigenvalue weighted by Gasteiger charge is 2.50. The van der Waals surface area contributed by atoms with Gasteiger partial charge in [-0.2, -0.15) is 0 Å². The summed E-state index contributed by atoms with van der Waals surface area (Å²) in [4.78, 5) is 51.2. The molecule has 6 unspecified atom stereocenters. The summed E-state index contributed by atoms with van der Waals surface area (Å²) in [7, 11) is 0. The van der Waals surface area contributed by atoms with E-state index in [-0.39, 0.29) is 25.9 Å². The maximum atomic E-state index is 13.1. The number of hydrogen-bond donors (Lipinski definition) is 3. The number of ether oxygens (including phenoxy) is 5. The molecule has 0 bridgehead atoms. The van der Waals surface area contributed by atoms with E-state index in [4.69, 9.17) is 23.7 Å². The van der Waals surface area contributed by atoms with Gasteiger partial charge in [-0.05, 0) is 103 Å². The van der Waals surface area contributed by atoms with Crippen LogP contribution in [0.3, 0.4) is 0 Å². The topological polar surface area (TPSA) is 175 Å². The molecule has 3 N–H and O–H groups in total. The zero-order chi connectivity index (χ0) is 56.1. The fraction of sp³-hybridized carbons (Fsp3) is 0.785. The third-order valence-corrected chi connectivity index (χ3v) is 14.0. The van der Waals surface area contributed by atoms with Crippen molar-refractivity contribution in [1.29, 1.82) is 0 Å². The van der Waals surface area contributed by atoms with E-state index in [2.05, 4.69) is 81.5 Å². The summed E-state index contributed by atoms with van der Waals surface area (Å²) in [6, 6.07) is 0. The summed E-state index contributed by atoms with van der Waals surface area (Å²) in [5.74, 6) is -3.14. The summed E-state index contributed by atoms with van der Waals surface area (Å²) >= 11 is 0. The van der Waals surface area contributed by atoms with Crippen molar-refractivity contribution in [2.45, 2.75) is 314 Å². The van der Waals surface area contributed by atoms with Crippen LogP contribution in [-0.4, -0.2) is 89.2 Å². The first-order valence-electron chi connectivity index (χ1n) is 31.3. The summed E-state index contributed by atoms with van der Waals surface area (Å²) < 4.78 is 28.4. The average molecular weight is 1090 g/mol. The van der Waals surface area contributed by atoms with E-state index >= 15 is 0 Å². The molecule has 1 fully saturated rings. The minimum atomic E-state index is -1.91. The largest absolute Gasteiger partial charge is 0.479 e. The molecule has 1 rings (SSSR count). The molecule has 0 aromatic heterocycles. The van der Waals surface area contributed by atoms with Gasteiger partial charge in [0.05, 0.1) is 6.61 Å². The molecule has 12 heteroatoms. The first-order chi connectivity index (χ1) is 37.6. The van der Waals surface area contributed by atoms with Crippen molar-refractivity contribution < 1.29 is 58.2 Å². The molecule has 12 nitrogen and oxygen atoms in total. The van der Waals surface area contributed by atoms with Gasteiger partial charge in [0.25, 0.3) is 0 Å². The number of rotatable bonds is 53. The van der Waals surface area contributed by atoms with Crippen molar-refractivity contribution in [2.24, 2.45) is 0 Å². The number of carboxylic acids is 1. The third kappa shape index (κ3) is 43.0. The van der Waals surface area contributed by atoms with Crippen LogP contribution in [-0.2, 0) is 42.9 Å². The standard InChI is InChI=1S/C65H112O12/c1-4-7-10-13-16-19-22-24-26-28-29-31-33-35-38-41-44-47-50-53-59(68)76-63-61(70)60(69)62(64(71)72)77-65(63)74-55-56(75-58(67)52-49-46-43-40-36-21-18-15-12-9-6-3)54-73-57(66)51-48-45-42-39-37-34-32-30-27-25-23-20-17-14-11-8-5-2/h15-16,18-19,24-27,29,31,56,60-63,65,69-70H,4-14,17,20-23,28,30,32-55H2,1-3H3,(H,71,72)/b18-15-,19-16-,26-24-,27-25-,31-29-. The first-order valence-corrected chi connectivity index (χ1v) is 31.3. The fourth-order valence-corrected chi connectivity index (χ4v) is 9.17. The molecule has 1 saturated heterocycles. The van der Waals surface area contributed by atoms with Crippen LogP contribution in [0.1, 0.15) is 278 Å². The monoisotopic (exact) mass is 1080 g/mol. The van der Waals surface area contributed by atoms with Crippen molar-refractivity contribution in [3.63, 3.8) is 0 Å². The number of aliphatic hydroxyl groups is 2. The molecule has 1 heterocycles. The normalized spacial score (nSPS) is 18.4. The van der Waals surface area contributed by atoms with E-state index in [9.17, 15) is 34.5 Å². The highest BCUT2D eigenvalue weighted by molar-refractivity contribution is 5.74. The Morgan fingerprint density at radius 3 is 1.26 bits per heavy atom. The van der Waals surface area contributed by atoms with Gasteiger partial charge in [0.15, 0.2) is 24.6 Å². The molecule has 77 heavy (non-hydrogen) atoms. The Morgan fingerprint density at radius 1 is 0.429 bits per heavy atom. The van der Waals surface area contributed by atoms with Crippen LogP contribution < -0.4 is 0 Å². The number of carbonyl (C=O) groups is 4. The molecule has 444 valence electrons. The molecule has 0 aliphatic carbocycles. The summed E-state index contributed by atoms with van der Waals surface area (Å²) in [6.07, 6.45) is 53.3. The zero-order valence-electron chi connectivity index (χ0n) is 49.0. The van der Waals surface area contributed by atoms with E-state index in [0.29, 0.717) is 19.3 Å². The van der Waals surface area contributed by atoms with E-state index in [0.717, 1.165) is 116 Å². The Bertz CT molecular complexity index is 1570. The lowest BCUT2D eigenvalue weighted by Gasteiger charge is -2.40. The third-order valence-electron chi connectivity index (χ3n) is 14.0. The Kier molecular flexibility index (Phi) is 49.2. The van der Waals surface area contributed by atoms with Gasteiger partial charge < -0.3 is 39.0 Å². The van der Waals surface area contributed by atoms with Gasteiger partial charge in [-0.3, -0.25) is 14.4 Å². The Morgan fingerprint density at radius 2 is 0.792 bits per heavy atom. The van der Waals surface area contributed by atoms with Gasteiger partial charge in [0.2, 0.25) is 0 Å². The van der Waals surface area contributed by atoms with Crippen molar-refractivity contribution in [1.82, 2.24) is 0 Å². The quantitative estimate of drug-likeness (QED) is 0.0228. The van der Waals surface area contributed by atoms with Crippen molar-refractivity contribution in [2.75, 3.05) is 13.2 Å². The van der Waals surface area contributed by atoms with E-state index in [1.165, 1.54) is 103 Å². The van der Waals surface area contributed by atoms with Crippen LogP contribution >= 0.6 is 0 Å². The lowest BCUT2D eigenvalue weighted by Crippen LogP contribution is -2.61. The number of carbonyl (C=O) groups excluding carboxylic acids is 3. The minimum absolute atomic E-state index is 0.0445. The number of esters is 3. The molecule has 6 atom stereocenters. The van der Waals surface area contributed by atoms with Gasteiger partial charge in [0, 0.05) is 19.3 Å². The smallest absolute Gasteiger partial charge is 0.335 e. The van der Waals surface area contributed by atoms with Crippen molar-refractivity contribution in [3.8, 4) is 0 Å². The molecule has 0 saturated carbocycles. The molecule has 1 aliphatic heterocycles. The van der Waals surface area contributed by atoms with Crippen LogP contribution in [0.25, 0.3) is 0 Å². The number of aliphatic carboxylic acids is 1. The van der Waals surface area contributed by atoms with E-state index < -0.39 is 67.3 Å². The fourth-order valence-electron chi connectivity index (χ4n) is 9.17. The molecule has 1 aliphatic rings. The maximum absolute atomic E-state index is 13.1. The predicted molar refractivity (Wildman–Crippen MR) is 312 cm³/mol. The van der Waals surface area contributed by atoms with E-state index in [1.54, 1.807) is 0 Å². The maximum Gasteiger partial charge on any atom is 0.335 e. The second-order valence-corrected chi connectivity index (χ2v) is 21.3. The number of hydrogen-bond acceptors (Lipinski definition) is 11. The number of aliphatic hydroxyl groups excluding tert-OH is 2. The molecule has 0 spiro atoms. The van der Waals surface area contributed by atoms with Gasteiger partial charge in [0.1, 0.15) is 18.8 Å². The molecular weight excluding hydrogens is 973 g/mol. The summed E-state index contributed by atoms with van der Waals surface area (Å²) in [5, 5.41) is 31.5. The van der Waals surface area contributed by atoms with Crippen LogP contribution in [0.2, 0.25) is 0 Å². The molecule has 0 amide bonds.